The molecule has 4 aromatic rings. The van der Waals surface area contributed by atoms with Crippen LogP contribution in [0.3, 0.4) is 0 Å². The second kappa shape index (κ2) is 5.99. The fraction of sp³-hybridized carbons (Fsp3) is 0. The molecule has 0 aliphatic rings. The largest absolute Gasteiger partial charge is 0.507 e. The molecule has 0 unspecified atom stereocenters. The Morgan fingerprint density at radius 2 is 1.54 bits per heavy atom. The molecule has 0 saturated carbocycles. The highest BCUT2D eigenvalue weighted by molar-refractivity contribution is 6.31. The molecule has 0 amide bonds. The van der Waals surface area contributed by atoms with Crippen LogP contribution in [-0.2, 0) is 0 Å². The standard InChI is InChI=1S/C21H14ClNO/c22-15-10-11-17-19(12-15)23-13-18(16-8-4-5-9-20(16)24)21(17)14-6-2-1-3-7-14/h1-13,24H. The molecule has 116 valence electrons. The lowest BCUT2D eigenvalue weighted by molar-refractivity contribution is 0.477. The van der Waals surface area contributed by atoms with Gasteiger partial charge in [0.15, 0.2) is 0 Å². The third kappa shape index (κ3) is 2.51. The van der Waals surface area contributed by atoms with Gasteiger partial charge in [-0.05, 0) is 23.8 Å². The fourth-order valence-electron chi connectivity index (χ4n) is 2.99. The number of halogens is 1. The molecule has 0 spiro atoms. The minimum atomic E-state index is 0.241. The van der Waals surface area contributed by atoms with Gasteiger partial charge in [0.2, 0.25) is 0 Å². The van der Waals surface area contributed by atoms with Gasteiger partial charge in [-0.25, -0.2) is 0 Å². The van der Waals surface area contributed by atoms with Crippen molar-refractivity contribution < 1.29 is 5.11 Å². The number of para-hydroxylation sites is 1. The summed E-state index contributed by atoms with van der Waals surface area (Å²) in [4.78, 5) is 4.55. The van der Waals surface area contributed by atoms with Gasteiger partial charge in [0, 0.05) is 33.3 Å². The van der Waals surface area contributed by atoms with Crippen molar-refractivity contribution in [3.05, 3.63) is 84.0 Å². The normalized spacial score (nSPS) is 10.9. The second-order valence-electron chi connectivity index (χ2n) is 5.59. The zero-order chi connectivity index (χ0) is 16.5. The van der Waals surface area contributed by atoms with Crippen molar-refractivity contribution in [3.8, 4) is 28.0 Å². The molecule has 0 aliphatic carbocycles. The summed E-state index contributed by atoms with van der Waals surface area (Å²) in [6.07, 6.45) is 1.80. The van der Waals surface area contributed by atoms with Crippen molar-refractivity contribution in [1.29, 1.82) is 0 Å². The van der Waals surface area contributed by atoms with Gasteiger partial charge < -0.3 is 5.11 Å². The third-order valence-electron chi connectivity index (χ3n) is 4.09. The molecule has 0 bridgehead atoms. The van der Waals surface area contributed by atoms with E-state index in [-0.39, 0.29) is 5.75 Å². The van der Waals surface area contributed by atoms with Gasteiger partial charge in [-0.3, -0.25) is 4.98 Å². The first kappa shape index (κ1) is 14.7. The topological polar surface area (TPSA) is 33.1 Å². The van der Waals surface area contributed by atoms with Crippen LogP contribution in [0.4, 0.5) is 0 Å². The number of fused-ring (bicyclic) bond motifs is 1. The number of benzene rings is 3. The van der Waals surface area contributed by atoms with Crippen LogP contribution in [-0.4, -0.2) is 10.1 Å². The van der Waals surface area contributed by atoms with E-state index < -0.39 is 0 Å². The van der Waals surface area contributed by atoms with Crippen molar-refractivity contribution in [2.45, 2.75) is 0 Å². The van der Waals surface area contributed by atoms with Crippen molar-refractivity contribution in [2.24, 2.45) is 0 Å². The smallest absolute Gasteiger partial charge is 0.123 e. The van der Waals surface area contributed by atoms with Crippen LogP contribution in [0.5, 0.6) is 5.75 Å². The Kier molecular flexibility index (Phi) is 3.68. The first-order valence-corrected chi connectivity index (χ1v) is 8.04. The van der Waals surface area contributed by atoms with Crippen LogP contribution in [0.2, 0.25) is 5.02 Å². The third-order valence-corrected chi connectivity index (χ3v) is 4.32. The summed E-state index contributed by atoms with van der Waals surface area (Å²) in [5, 5.41) is 12.0. The Hall–Kier alpha value is -2.84. The number of rotatable bonds is 2. The first-order valence-electron chi connectivity index (χ1n) is 7.66. The van der Waals surface area contributed by atoms with E-state index in [1.54, 1.807) is 12.3 Å². The van der Waals surface area contributed by atoms with Crippen LogP contribution < -0.4 is 0 Å². The van der Waals surface area contributed by atoms with Crippen LogP contribution >= 0.6 is 11.6 Å². The van der Waals surface area contributed by atoms with Gasteiger partial charge in [-0.2, -0.15) is 0 Å². The number of phenolic OH excluding ortho intramolecular Hbond substituents is 1. The first-order chi connectivity index (χ1) is 11.7. The number of phenols is 1. The van der Waals surface area contributed by atoms with Gasteiger partial charge >= 0.3 is 0 Å². The van der Waals surface area contributed by atoms with E-state index in [1.165, 1.54) is 0 Å². The van der Waals surface area contributed by atoms with Crippen molar-refractivity contribution >= 4 is 22.5 Å². The molecule has 0 atom stereocenters. The average molecular weight is 332 g/mol. The molecule has 4 rings (SSSR count). The van der Waals surface area contributed by atoms with E-state index in [2.05, 4.69) is 17.1 Å². The van der Waals surface area contributed by atoms with E-state index in [1.807, 2.05) is 54.6 Å². The number of aromatic hydroxyl groups is 1. The molecule has 0 fully saturated rings. The van der Waals surface area contributed by atoms with E-state index in [0.717, 1.165) is 33.2 Å². The monoisotopic (exact) mass is 331 g/mol. The number of hydrogen-bond acceptors (Lipinski definition) is 2. The van der Waals surface area contributed by atoms with Crippen molar-refractivity contribution in [1.82, 2.24) is 4.98 Å². The highest BCUT2D eigenvalue weighted by Crippen LogP contribution is 2.40. The van der Waals surface area contributed by atoms with Gasteiger partial charge in [0.25, 0.3) is 0 Å². The lowest BCUT2D eigenvalue weighted by Crippen LogP contribution is -1.91. The van der Waals surface area contributed by atoms with E-state index >= 15 is 0 Å². The van der Waals surface area contributed by atoms with E-state index in [9.17, 15) is 5.11 Å². The van der Waals surface area contributed by atoms with Gasteiger partial charge in [0.1, 0.15) is 5.75 Å². The number of pyridine rings is 1. The van der Waals surface area contributed by atoms with Crippen LogP contribution in [0.25, 0.3) is 33.2 Å². The molecule has 3 aromatic carbocycles. The Balaban J connectivity index is 2.11. The molecular weight excluding hydrogens is 318 g/mol. The molecule has 0 saturated heterocycles. The molecule has 1 aromatic heterocycles. The van der Waals surface area contributed by atoms with E-state index in [4.69, 9.17) is 11.6 Å². The van der Waals surface area contributed by atoms with Crippen molar-refractivity contribution in [2.75, 3.05) is 0 Å². The molecule has 3 heteroatoms. The quantitative estimate of drug-likeness (QED) is 0.494. The minimum absolute atomic E-state index is 0.241. The zero-order valence-corrected chi connectivity index (χ0v) is 13.5. The van der Waals surface area contributed by atoms with Crippen LogP contribution in [0, 0.1) is 0 Å². The molecule has 1 N–H and O–H groups in total. The fourth-order valence-corrected chi connectivity index (χ4v) is 3.15. The maximum Gasteiger partial charge on any atom is 0.123 e. The highest BCUT2D eigenvalue weighted by Gasteiger charge is 2.15. The molecule has 2 nitrogen and oxygen atoms in total. The molecule has 24 heavy (non-hydrogen) atoms. The highest BCUT2D eigenvalue weighted by atomic mass is 35.5. The van der Waals surface area contributed by atoms with Crippen LogP contribution in [0.1, 0.15) is 0 Å². The zero-order valence-electron chi connectivity index (χ0n) is 12.8. The molecule has 1 heterocycles. The van der Waals surface area contributed by atoms with Crippen molar-refractivity contribution in [3.63, 3.8) is 0 Å². The summed E-state index contributed by atoms with van der Waals surface area (Å²) in [7, 11) is 0. The Bertz CT molecular complexity index is 1030. The SMILES string of the molecule is Oc1ccccc1-c1cnc2cc(Cl)ccc2c1-c1ccccc1. The predicted octanol–water partition coefficient (Wildman–Crippen LogP) is 5.93. The summed E-state index contributed by atoms with van der Waals surface area (Å²) in [6.45, 7) is 0. The number of aromatic nitrogens is 1. The maximum atomic E-state index is 10.3. The lowest BCUT2D eigenvalue weighted by atomic mass is 9.92. The lowest BCUT2D eigenvalue weighted by Gasteiger charge is -2.14. The van der Waals surface area contributed by atoms with Crippen LogP contribution in [0.15, 0.2) is 79.0 Å². The molecule has 0 aliphatic heterocycles. The summed E-state index contributed by atoms with van der Waals surface area (Å²) < 4.78 is 0. The molecular formula is C21H14ClNO. The Morgan fingerprint density at radius 3 is 2.33 bits per heavy atom. The molecule has 0 radical (unpaired) electrons. The van der Waals surface area contributed by atoms with Gasteiger partial charge in [0.05, 0.1) is 5.52 Å². The Morgan fingerprint density at radius 1 is 0.792 bits per heavy atom. The van der Waals surface area contributed by atoms with Gasteiger partial charge in [-0.15, -0.1) is 0 Å². The average Bonchev–Trinajstić information content (AvgIpc) is 2.62. The second-order valence-corrected chi connectivity index (χ2v) is 6.03. The summed E-state index contributed by atoms with van der Waals surface area (Å²) >= 11 is 6.12. The number of hydrogen-bond donors (Lipinski definition) is 1. The summed E-state index contributed by atoms with van der Waals surface area (Å²) in [5.74, 6) is 0.241. The maximum absolute atomic E-state index is 10.3. The minimum Gasteiger partial charge on any atom is -0.507 e. The van der Waals surface area contributed by atoms with Gasteiger partial charge in [-0.1, -0.05) is 66.2 Å². The number of nitrogens with zero attached hydrogens (tertiary/aromatic N) is 1. The summed E-state index contributed by atoms with van der Waals surface area (Å²) in [6, 6.07) is 23.2. The van der Waals surface area contributed by atoms with E-state index in [0.29, 0.717) is 5.02 Å². The summed E-state index contributed by atoms with van der Waals surface area (Å²) in [5.41, 5.74) is 4.61. The Labute approximate surface area is 145 Å². The predicted molar refractivity (Wildman–Crippen MR) is 99.3 cm³/mol.